The summed E-state index contributed by atoms with van der Waals surface area (Å²) in [6.07, 6.45) is 2.41. The molecule has 0 bridgehead atoms. The molecular weight excluding hydrogens is 210 g/mol. The van der Waals surface area contributed by atoms with Crippen molar-refractivity contribution in [3.8, 4) is 11.8 Å². The van der Waals surface area contributed by atoms with Crippen molar-refractivity contribution >= 4 is 0 Å². The van der Waals surface area contributed by atoms with Crippen LogP contribution in [0.15, 0.2) is 24.3 Å². The summed E-state index contributed by atoms with van der Waals surface area (Å²) < 4.78 is 5.94. The second-order valence-corrected chi connectivity index (χ2v) is 4.36. The second kappa shape index (κ2) is 6.96. The number of rotatable bonds is 6. The van der Waals surface area contributed by atoms with E-state index in [4.69, 9.17) is 10.00 Å². The number of ether oxygens (including phenoxy) is 1. The molecule has 1 aromatic carbocycles. The Kier molecular flexibility index (Phi) is 5.56. The minimum Gasteiger partial charge on any atom is -0.489 e. The van der Waals surface area contributed by atoms with Crippen molar-refractivity contribution < 1.29 is 4.74 Å². The van der Waals surface area contributed by atoms with Crippen LogP contribution in [0.5, 0.6) is 5.75 Å². The lowest BCUT2D eigenvalue weighted by Gasteiger charge is -2.20. The van der Waals surface area contributed by atoms with Gasteiger partial charge in [-0.2, -0.15) is 5.26 Å². The van der Waals surface area contributed by atoms with Crippen molar-refractivity contribution in [2.24, 2.45) is 0 Å². The predicted octanol–water partition coefficient (Wildman–Crippen LogP) is 4.27. The molecule has 92 valence electrons. The highest BCUT2D eigenvalue weighted by atomic mass is 16.5. The average molecular weight is 231 g/mol. The highest BCUT2D eigenvalue weighted by molar-refractivity contribution is 5.36. The molecule has 0 heterocycles. The van der Waals surface area contributed by atoms with Gasteiger partial charge in [-0.25, -0.2) is 0 Å². The first-order chi connectivity index (χ1) is 8.22. The molecule has 0 aliphatic rings. The van der Waals surface area contributed by atoms with E-state index in [1.807, 2.05) is 25.1 Å². The fourth-order valence-corrected chi connectivity index (χ4v) is 1.77. The molecule has 2 atom stereocenters. The third-order valence-electron chi connectivity index (χ3n) is 3.13. The van der Waals surface area contributed by atoms with Crippen molar-refractivity contribution in [2.45, 2.75) is 52.1 Å². The Morgan fingerprint density at radius 1 is 1.24 bits per heavy atom. The molecule has 0 amide bonds. The molecule has 0 radical (unpaired) electrons. The van der Waals surface area contributed by atoms with Gasteiger partial charge in [0.25, 0.3) is 0 Å². The van der Waals surface area contributed by atoms with Crippen LogP contribution in [0.4, 0.5) is 0 Å². The summed E-state index contributed by atoms with van der Waals surface area (Å²) in [7, 11) is 0. The van der Waals surface area contributed by atoms with Crippen molar-refractivity contribution in [1.82, 2.24) is 0 Å². The summed E-state index contributed by atoms with van der Waals surface area (Å²) in [6.45, 7) is 6.43. The SMILES string of the molecule is CCC(CC#N)Oc1ccccc1C(C)CC. The molecule has 2 unspecified atom stereocenters. The molecule has 0 aliphatic heterocycles. The Morgan fingerprint density at radius 2 is 1.94 bits per heavy atom. The third-order valence-corrected chi connectivity index (χ3v) is 3.13. The summed E-state index contributed by atoms with van der Waals surface area (Å²) in [5, 5.41) is 8.74. The van der Waals surface area contributed by atoms with Gasteiger partial charge in [0.2, 0.25) is 0 Å². The summed E-state index contributed by atoms with van der Waals surface area (Å²) in [5.41, 5.74) is 1.24. The van der Waals surface area contributed by atoms with Crippen LogP contribution >= 0.6 is 0 Å². The maximum absolute atomic E-state index is 8.74. The van der Waals surface area contributed by atoms with Gasteiger partial charge in [0.1, 0.15) is 11.9 Å². The van der Waals surface area contributed by atoms with Gasteiger partial charge >= 0.3 is 0 Å². The molecule has 0 aliphatic carbocycles. The van der Waals surface area contributed by atoms with Crippen LogP contribution in [0.1, 0.15) is 51.5 Å². The van der Waals surface area contributed by atoms with Crippen molar-refractivity contribution in [1.29, 1.82) is 5.26 Å². The van der Waals surface area contributed by atoms with Crippen LogP contribution in [0.2, 0.25) is 0 Å². The Labute approximate surface area is 104 Å². The largest absolute Gasteiger partial charge is 0.489 e. The summed E-state index contributed by atoms with van der Waals surface area (Å²) in [5.74, 6) is 1.43. The standard InChI is InChI=1S/C15H21NO/c1-4-12(3)14-8-6-7-9-15(14)17-13(5-2)10-11-16/h6-9,12-13H,4-5,10H2,1-3H3. The van der Waals surface area contributed by atoms with Crippen molar-refractivity contribution in [2.75, 3.05) is 0 Å². The third kappa shape index (κ3) is 3.78. The highest BCUT2D eigenvalue weighted by Gasteiger charge is 2.13. The molecule has 2 nitrogen and oxygen atoms in total. The summed E-state index contributed by atoms with van der Waals surface area (Å²) >= 11 is 0. The average Bonchev–Trinajstić information content (AvgIpc) is 2.38. The number of benzene rings is 1. The van der Waals surface area contributed by atoms with Gasteiger partial charge in [0.15, 0.2) is 0 Å². The van der Waals surface area contributed by atoms with Gasteiger partial charge in [-0.05, 0) is 30.4 Å². The predicted molar refractivity (Wildman–Crippen MR) is 70.1 cm³/mol. The molecular formula is C15H21NO. The van der Waals surface area contributed by atoms with Gasteiger partial charge in [0, 0.05) is 0 Å². The van der Waals surface area contributed by atoms with Crippen LogP contribution in [0, 0.1) is 11.3 Å². The Bertz CT molecular complexity index is 381. The topological polar surface area (TPSA) is 33.0 Å². The van der Waals surface area contributed by atoms with Gasteiger partial charge in [-0.3, -0.25) is 0 Å². The maximum atomic E-state index is 8.74. The normalized spacial score (nSPS) is 13.8. The Hall–Kier alpha value is -1.49. The first kappa shape index (κ1) is 13.6. The van der Waals surface area contributed by atoms with Crippen LogP contribution < -0.4 is 4.74 Å². The fourth-order valence-electron chi connectivity index (χ4n) is 1.77. The van der Waals surface area contributed by atoms with Crippen LogP contribution in [0.3, 0.4) is 0 Å². The number of nitriles is 1. The first-order valence-corrected chi connectivity index (χ1v) is 6.35. The number of para-hydroxylation sites is 1. The molecule has 0 aromatic heterocycles. The fraction of sp³-hybridized carbons (Fsp3) is 0.533. The molecule has 0 spiro atoms. The van der Waals surface area contributed by atoms with E-state index in [0.29, 0.717) is 12.3 Å². The van der Waals surface area contributed by atoms with Crippen molar-refractivity contribution in [3.05, 3.63) is 29.8 Å². The first-order valence-electron chi connectivity index (χ1n) is 6.35. The quantitative estimate of drug-likeness (QED) is 0.732. The summed E-state index contributed by atoms with van der Waals surface area (Å²) in [4.78, 5) is 0. The number of hydrogen-bond acceptors (Lipinski definition) is 2. The molecule has 17 heavy (non-hydrogen) atoms. The van der Waals surface area contributed by atoms with E-state index < -0.39 is 0 Å². The van der Waals surface area contributed by atoms with E-state index in [-0.39, 0.29) is 6.10 Å². The molecule has 2 heteroatoms. The minimum absolute atomic E-state index is 0.00482. The molecule has 1 aromatic rings. The van der Waals surface area contributed by atoms with E-state index >= 15 is 0 Å². The maximum Gasteiger partial charge on any atom is 0.123 e. The number of nitrogens with zero attached hydrogens (tertiary/aromatic N) is 1. The molecule has 0 saturated carbocycles. The zero-order valence-electron chi connectivity index (χ0n) is 10.9. The molecule has 0 N–H and O–H groups in total. The highest BCUT2D eigenvalue weighted by Crippen LogP contribution is 2.29. The van der Waals surface area contributed by atoms with Crippen LogP contribution in [0.25, 0.3) is 0 Å². The smallest absolute Gasteiger partial charge is 0.123 e. The summed E-state index contributed by atoms with van der Waals surface area (Å²) in [6, 6.07) is 10.3. The van der Waals surface area contributed by atoms with E-state index in [2.05, 4.69) is 26.0 Å². The van der Waals surface area contributed by atoms with Gasteiger partial charge in [-0.15, -0.1) is 0 Å². The van der Waals surface area contributed by atoms with E-state index in [1.54, 1.807) is 0 Å². The monoisotopic (exact) mass is 231 g/mol. The lowest BCUT2D eigenvalue weighted by Crippen LogP contribution is -2.15. The minimum atomic E-state index is 0.00482. The zero-order valence-corrected chi connectivity index (χ0v) is 10.9. The van der Waals surface area contributed by atoms with Crippen LogP contribution in [-0.4, -0.2) is 6.10 Å². The van der Waals surface area contributed by atoms with Gasteiger partial charge in [0.05, 0.1) is 12.5 Å². The Balaban J connectivity index is 2.86. The van der Waals surface area contributed by atoms with Gasteiger partial charge in [-0.1, -0.05) is 39.0 Å². The van der Waals surface area contributed by atoms with E-state index in [0.717, 1.165) is 18.6 Å². The lowest BCUT2D eigenvalue weighted by molar-refractivity contribution is 0.199. The van der Waals surface area contributed by atoms with Crippen molar-refractivity contribution in [3.63, 3.8) is 0 Å². The molecule has 1 rings (SSSR count). The number of hydrogen-bond donors (Lipinski definition) is 0. The lowest BCUT2D eigenvalue weighted by atomic mass is 9.98. The van der Waals surface area contributed by atoms with E-state index in [1.165, 1.54) is 5.56 Å². The molecule has 0 fully saturated rings. The Morgan fingerprint density at radius 3 is 2.53 bits per heavy atom. The van der Waals surface area contributed by atoms with E-state index in [9.17, 15) is 0 Å². The van der Waals surface area contributed by atoms with Gasteiger partial charge < -0.3 is 4.74 Å². The second-order valence-electron chi connectivity index (χ2n) is 4.36. The van der Waals surface area contributed by atoms with Crippen LogP contribution in [-0.2, 0) is 0 Å². The molecule has 0 saturated heterocycles. The zero-order chi connectivity index (χ0) is 12.7.